The number of nitrogen functional groups attached to an aromatic ring is 1. The zero-order chi connectivity index (χ0) is 15.9. The first kappa shape index (κ1) is 14.8. The van der Waals surface area contributed by atoms with Crippen LogP contribution in [0.4, 0.5) is 24.0 Å². The number of nitrogens with zero attached hydrogens (tertiary/aromatic N) is 2. The summed E-state index contributed by atoms with van der Waals surface area (Å²) in [6, 6.07) is 5.93. The van der Waals surface area contributed by atoms with Crippen molar-refractivity contribution in [2.24, 2.45) is 0 Å². The standard InChI is InChI=1S/C14H12F3N3OS/c15-14(16,17)12(21)20(10-5-6-10)9-3-1-8(2-4-9)11-7-22-13(18)19-11/h1-4,7,10H,5-6H2,(H2,18,19). The lowest BCUT2D eigenvalue weighted by molar-refractivity contribution is -0.170. The highest BCUT2D eigenvalue weighted by Gasteiger charge is 2.47. The molecule has 2 N–H and O–H groups in total. The molecule has 2 aromatic rings. The summed E-state index contributed by atoms with van der Waals surface area (Å²) in [5.74, 6) is -1.82. The lowest BCUT2D eigenvalue weighted by Crippen LogP contribution is -2.42. The van der Waals surface area contributed by atoms with Gasteiger partial charge in [0.15, 0.2) is 5.13 Å². The molecule has 3 rings (SSSR count). The van der Waals surface area contributed by atoms with Crippen LogP contribution in [0.5, 0.6) is 0 Å². The Hall–Kier alpha value is -2.09. The van der Waals surface area contributed by atoms with E-state index in [1.54, 1.807) is 17.5 Å². The van der Waals surface area contributed by atoms with Crippen LogP contribution in [0, 0.1) is 0 Å². The third-order valence-electron chi connectivity index (χ3n) is 3.34. The molecule has 4 nitrogen and oxygen atoms in total. The molecular weight excluding hydrogens is 315 g/mol. The van der Waals surface area contributed by atoms with Gasteiger partial charge < -0.3 is 10.6 Å². The number of rotatable bonds is 3. The largest absolute Gasteiger partial charge is 0.471 e. The molecule has 0 bridgehead atoms. The van der Waals surface area contributed by atoms with Crippen LogP contribution in [0.2, 0.25) is 0 Å². The Bertz CT molecular complexity index is 692. The summed E-state index contributed by atoms with van der Waals surface area (Å²) in [6.07, 6.45) is -3.69. The summed E-state index contributed by atoms with van der Waals surface area (Å²) in [6.45, 7) is 0. The van der Waals surface area contributed by atoms with Crippen LogP contribution in [0.15, 0.2) is 29.6 Å². The average Bonchev–Trinajstić information content (AvgIpc) is 3.20. The Morgan fingerprint density at radius 2 is 1.91 bits per heavy atom. The number of carbonyl (C=O) groups is 1. The van der Waals surface area contributed by atoms with E-state index in [9.17, 15) is 18.0 Å². The second-order valence-electron chi connectivity index (χ2n) is 5.02. The molecule has 1 saturated carbocycles. The van der Waals surface area contributed by atoms with Gasteiger partial charge in [0, 0.05) is 22.7 Å². The molecule has 0 spiro atoms. The van der Waals surface area contributed by atoms with Gasteiger partial charge in [-0.2, -0.15) is 13.2 Å². The van der Waals surface area contributed by atoms with Crippen molar-refractivity contribution in [3.8, 4) is 11.3 Å². The van der Waals surface area contributed by atoms with Gasteiger partial charge in [-0.25, -0.2) is 4.98 Å². The van der Waals surface area contributed by atoms with Crippen molar-refractivity contribution in [2.45, 2.75) is 25.1 Å². The Morgan fingerprint density at radius 3 is 2.36 bits per heavy atom. The van der Waals surface area contributed by atoms with Crippen LogP contribution in [0.25, 0.3) is 11.3 Å². The number of carbonyl (C=O) groups excluding carboxylic acids is 1. The maximum atomic E-state index is 12.7. The second kappa shape index (κ2) is 5.28. The molecule has 1 amide bonds. The number of thiazole rings is 1. The van der Waals surface area contributed by atoms with E-state index >= 15 is 0 Å². The fraction of sp³-hybridized carbons (Fsp3) is 0.286. The first-order valence-electron chi connectivity index (χ1n) is 6.58. The number of halogens is 3. The van der Waals surface area contributed by atoms with Crippen molar-refractivity contribution in [3.05, 3.63) is 29.6 Å². The fourth-order valence-corrected chi connectivity index (χ4v) is 2.75. The number of anilines is 2. The minimum atomic E-state index is -4.87. The number of aromatic nitrogens is 1. The molecule has 1 aromatic carbocycles. The fourth-order valence-electron chi connectivity index (χ4n) is 2.18. The van der Waals surface area contributed by atoms with Gasteiger partial charge in [0.1, 0.15) is 0 Å². The molecule has 0 unspecified atom stereocenters. The van der Waals surface area contributed by atoms with Gasteiger partial charge in [0.25, 0.3) is 0 Å². The Balaban J connectivity index is 1.88. The number of hydrogen-bond donors (Lipinski definition) is 1. The van der Waals surface area contributed by atoms with E-state index in [0.717, 1.165) is 10.5 Å². The van der Waals surface area contributed by atoms with E-state index in [2.05, 4.69) is 4.98 Å². The van der Waals surface area contributed by atoms with E-state index < -0.39 is 12.1 Å². The van der Waals surface area contributed by atoms with E-state index in [4.69, 9.17) is 5.73 Å². The quantitative estimate of drug-likeness (QED) is 0.939. The SMILES string of the molecule is Nc1nc(-c2ccc(N(C(=O)C(F)(F)F)C3CC3)cc2)cs1. The number of amides is 1. The predicted molar refractivity (Wildman–Crippen MR) is 78.5 cm³/mol. The predicted octanol–water partition coefficient (Wildman–Crippen LogP) is 3.45. The van der Waals surface area contributed by atoms with Crippen LogP contribution in [0.1, 0.15) is 12.8 Å². The summed E-state index contributed by atoms with van der Waals surface area (Å²) in [4.78, 5) is 16.5. The van der Waals surface area contributed by atoms with E-state index in [-0.39, 0.29) is 11.7 Å². The molecule has 0 atom stereocenters. The number of hydrogen-bond acceptors (Lipinski definition) is 4. The van der Waals surface area contributed by atoms with E-state index in [1.165, 1.54) is 23.5 Å². The number of benzene rings is 1. The monoisotopic (exact) mass is 327 g/mol. The van der Waals surface area contributed by atoms with Gasteiger partial charge in [-0.05, 0) is 25.0 Å². The smallest absolute Gasteiger partial charge is 0.375 e. The first-order chi connectivity index (χ1) is 10.4. The molecule has 1 fully saturated rings. The molecule has 0 radical (unpaired) electrons. The molecular formula is C14H12F3N3OS. The molecule has 8 heteroatoms. The molecule has 116 valence electrons. The van der Waals surface area contributed by atoms with E-state index in [1.807, 2.05) is 0 Å². The van der Waals surface area contributed by atoms with Crippen LogP contribution >= 0.6 is 11.3 Å². The zero-order valence-corrected chi connectivity index (χ0v) is 12.1. The normalized spacial score (nSPS) is 14.9. The van der Waals surface area contributed by atoms with E-state index in [0.29, 0.717) is 23.7 Å². The zero-order valence-electron chi connectivity index (χ0n) is 11.3. The topological polar surface area (TPSA) is 59.2 Å². The van der Waals surface area contributed by atoms with Crippen LogP contribution in [-0.2, 0) is 4.79 Å². The van der Waals surface area contributed by atoms with Gasteiger partial charge in [-0.1, -0.05) is 12.1 Å². The van der Waals surface area contributed by atoms with Gasteiger partial charge >= 0.3 is 12.1 Å². The van der Waals surface area contributed by atoms with Gasteiger partial charge in [0.05, 0.1) is 5.69 Å². The summed E-state index contributed by atoms with van der Waals surface area (Å²) in [5, 5.41) is 2.19. The van der Waals surface area contributed by atoms with Gasteiger partial charge in [-0.15, -0.1) is 11.3 Å². The Morgan fingerprint density at radius 1 is 1.27 bits per heavy atom. The minimum Gasteiger partial charge on any atom is -0.375 e. The van der Waals surface area contributed by atoms with Crippen molar-refractivity contribution >= 4 is 28.1 Å². The highest BCUT2D eigenvalue weighted by Crippen LogP contribution is 2.36. The summed E-state index contributed by atoms with van der Waals surface area (Å²) in [5.41, 5.74) is 7.21. The lowest BCUT2D eigenvalue weighted by atomic mass is 10.1. The third-order valence-corrected chi connectivity index (χ3v) is 4.01. The average molecular weight is 327 g/mol. The molecule has 1 aliphatic rings. The maximum absolute atomic E-state index is 12.7. The molecule has 1 heterocycles. The molecule has 1 aliphatic carbocycles. The van der Waals surface area contributed by atoms with Crippen molar-refractivity contribution in [2.75, 3.05) is 10.6 Å². The molecule has 0 aliphatic heterocycles. The summed E-state index contributed by atoms with van der Waals surface area (Å²) < 4.78 is 38.1. The molecule has 0 saturated heterocycles. The Kier molecular flexibility index (Phi) is 3.56. The van der Waals surface area contributed by atoms with Crippen molar-refractivity contribution in [1.29, 1.82) is 0 Å². The first-order valence-corrected chi connectivity index (χ1v) is 7.46. The van der Waals surface area contributed by atoms with Crippen LogP contribution < -0.4 is 10.6 Å². The highest BCUT2D eigenvalue weighted by molar-refractivity contribution is 7.13. The number of alkyl halides is 3. The second-order valence-corrected chi connectivity index (χ2v) is 5.91. The van der Waals surface area contributed by atoms with Crippen molar-refractivity contribution in [1.82, 2.24) is 4.98 Å². The van der Waals surface area contributed by atoms with Crippen molar-refractivity contribution in [3.63, 3.8) is 0 Å². The van der Waals surface area contributed by atoms with Gasteiger partial charge in [0.2, 0.25) is 0 Å². The summed E-state index contributed by atoms with van der Waals surface area (Å²) in [7, 11) is 0. The molecule has 1 aromatic heterocycles. The number of nitrogens with two attached hydrogens (primary N) is 1. The third kappa shape index (κ3) is 2.92. The highest BCUT2D eigenvalue weighted by atomic mass is 32.1. The van der Waals surface area contributed by atoms with Crippen LogP contribution in [-0.4, -0.2) is 23.1 Å². The Labute approximate surface area is 128 Å². The summed E-state index contributed by atoms with van der Waals surface area (Å²) >= 11 is 1.29. The van der Waals surface area contributed by atoms with Crippen molar-refractivity contribution < 1.29 is 18.0 Å². The molecule has 22 heavy (non-hydrogen) atoms. The van der Waals surface area contributed by atoms with Gasteiger partial charge in [-0.3, -0.25) is 4.79 Å². The lowest BCUT2D eigenvalue weighted by Gasteiger charge is -2.23. The minimum absolute atomic E-state index is 0.247. The maximum Gasteiger partial charge on any atom is 0.471 e. The van der Waals surface area contributed by atoms with Crippen LogP contribution in [0.3, 0.4) is 0 Å².